The van der Waals surface area contributed by atoms with Crippen LogP contribution < -0.4 is 5.32 Å². The summed E-state index contributed by atoms with van der Waals surface area (Å²) < 4.78 is 5.90. The van der Waals surface area contributed by atoms with Crippen molar-refractivity contribution in [2.45, 2.75) is 13.0 Å². The molecule has 0 atom stereocenters. The maximum Gasteiger partial charge on any atom is 0.213 e. The Morgan fingerprint density at radius 2 is 2.22 bits per heavy atom. The smallest absolute Gasteiger partial charge is 0.213 e. The number of hydrogen-bond acceptors (Lipinski definition) is 6. The number of benzene rings is 1. The summed E-state index contributed by atoms with van der Waals surface area (Å²) in [6.07, 6.45) is 2.12. The van der Waals surface area contributed by atoms with Gasteiger partial charge < -0.3 is 9.84 Å². The summed E-state index contributed by atoms with van der Waals surface area (Å²) in [4.78, 5) is 8.52. The molecule has 2 heterocycles. The van der Waals surface area contributed by atoms with E-state index in [1.54, 1.807) is 11.3 Å². The van der Waals surface area contributed by atoms with E-state index in [9.17, 15) is 0 Å². The third-order valence-corrected chi connectivity index (χ3v) is 3.58. The third-order valence-electron chi connectivity index (χ3n) is 2.55. The van der Waals surface area contributed by atoms with Gasteiger partial charge in [-0.25, -0.2) is 4.98 Å². The first kappa shape index (κ1) is 11.3. The van der Waals surface area contributed by atoms with E-state index in [1.165, 1.54) is 11.1 Å². The first-order valence-corrected chi connectivity index (χ1v) is 6.54. The summed E-state index contributed by atoms with van der Waals surface area (Å²) in [5.74, 6) is 0.729. The van der Waals surface area contributed by atoms with E-state index in [2.05, 4.69) is 31.0 Å². The number of para-hydroxylation sites is 1. The molecule has 0 amide bonds. The molecule has 92 valence electrons. The molecule has 0 bridgehead atoms. The summed E-state index contributed by atoms with van der Waals surface area (Å²) in [6, 6.07) is 8.17. The van der Waals surface area contributed by atoms with Crippen molar-refractivity contribution in [3.8, 4) is 0 Å². The number of thiazole rings is 1. The number of nitrogens with one attached hydrogen (secondary N) is 1. The van der Waals surface area contributed by atoms with Crippen molar-refractivity contribution in [1.29, 1.82) is 0 Å². The van der Waals surface area contributed by atoms with Gasteiger partial charge in [-0.05, 0) is 12.1 Å². The predicted octanol–water partition coefficient (Wildman–Crippen LogP) is 2.01. The number of nitrogens with zero attached hydrogens (tertiary/aromatic N) is 3. The molecular formula is C12H12N4OS. The van der Waals surface area contributed by atoms with Gasteiger partial charge in [0.05, 0.1) is 10.2 Å². The number of hydrogen-bond donors (Lipinski definition) is 1. The van der Waals surface area contributed by atoms with Gasteiger partial charge >= 0.3 is 0 Å². The summed E-state index contributed by atoms with van der Waals surface area (Å²) in [7, 11) is 0. The Balaban J connectivity index is 1.53. The van der Waals surface area contributed by atoms with E-state index in [0.717, 1.165) is 35.9 Å². The topological polar surface area (TPSA) is 63.8 Å². The van der Waals surface area contributed by atoms with Crippen molar-refractivity contribution in [3.63, 3.8) is 0 Å². The van der Waals surface area contributed by atoms with Gasteiger partial charge in [-0.2, -0.15) is 4.98 Å². The van der Waals surface area contributed by atoms with Crippen LogP contribution >= 0.6 is 11.3 Å². The Morgan fingerprint density at radius 3 is 3.06 bits per heavy atom. The summed E-state index contributed by atoms with van der Waals surface area (Å²) in [5.41, 5.74) is 1.07. The van der Waals surface area contributed by atoms with E-state index < -0.39 is 0 Å². The Labute approximate surface area is 108 Å². The third kappa shape index (κ3) is 2.55. The van der Waals surface area contributed by atoms with Crippen LogP contribution in [0.15, 0.2) is 35.2 Å². The molecule has 18 heavy (non-hydrogen) atoms. The van der Waals surface area contributed by atoms with Gasteiger partial charge in [0, 0.05) is 19.5 Å². The number of fused-ring (bicyclic) bond motifs is 1. The Bertz CT molecular complexity index is 587. The highest BCUT2D eigenvalue weighted by Crippen LogP contribution is 2.21. The Kier molecular flexibility index (Phi) is 3.29. The molecule has 0 fully saturated rings. The van der Waals surface area contributed by atoms with Crippen LogP contribution in [0.1, 0.15) is 10.8 Å². The van der Waals surface area contributed by atoms with Gasteiger partial charge in [0.25, 0.3) is 0 Å². The minimum absolute atomic E-state index is 0.729. The lowest BCUT2D eigenvalue weighted by atomic mass is 10.3. The van der Waals surface area contributed by atoms with E-state index in [4.69, 9.17) is 0 Å². The zero-order valence-electron chi connectivity index (χ0n) is 9.67. The summed E-state index contributed by atoms with van der Waals surface area (Å²) >= 11 is 1.72. The normalized spacial score (nSPS) is 11.1. The highest BCUT2D eigenvalue weighted by Gasteiger charge is 2.03. The van der Waals surface area contributed by atoms with Gasteiger partial charge in [0.2, 0.25) is 6.39 Å². The van der Waals surface area contributed by atoms with E-state index in [0.29, 0.717) is 0 Å². The van der Waals surface area contributed by atoms with Crippen LogP contribution in [0, 0.1) is 0 Å². The minimum Gasteiger partial charge on any atom is -0.343 e. The molecule has 1 aromatic carbocycles. The minimum atomic E-state index is 0.729. The fourth-order valence-electron chi connectivity index (χ4n) is 1.69. The molecule has 0 saturated carbocycles. The molecule has 3 rings (SSSR count). The molecule has 1 N–H and O–H groups in total. The second kappa shape index (κ2) is 5.24. The fourth-order valence-corrected chi connectivity index (χ4v) is 2.63. The zero-order chi connectivity index (χ0) is 12.2. The molecule has 2 aromatic heterocycles. The van der Waals surface area contributed by atoms with Gasteiger partial charge in [0.15, 0.2) is 5.82 Å². The first-order chi connectivity index (χ1) is 8.92. The lowest BCUT2D eigenvalue weighted by Crippen LogP contribution is -2.16. The van der Waals surface area contributed by atoms with Gasteiger partial charge in [-0.3, -0.25) is 0 Å². The molecule has 0 spiro atoms. The highest BCUT2D eigenvalue weighted by molar-refractivity contribution is 7.18. The van der Waals surface area contributed by atoms with Crippen LogP contribution in [0.5, 0.6) is 0 Å². The largest absolute Gasteiger partial charge is 0.343 e. The van der Waals surface area contributed by atoms with Crippen molar-refractivity contribution in [1.82, 2.24) is 20.4 Å². The van der Waals surface area contributed by atoms with Crippen molar-refractivity contribution < 1.29 is 4.52 Å². The highest BCUT2D eigenvalue weighted by atomic mass is 32.1. The van der Waals surface area contributed by atoms with Crippen molar-refractivity contribution in [2.24, 2.45) is 0 Å². The standard InChI is InChI=1S/C12H12N4OS/c1-2-4-10-9(3-1)15-12(18-10)7-13-6-5-11-14-8-17-16-11/h1-4,8,13H,5-7H2. The van der Waals surface area contributed by atoms with Crippen LogP contribution in [-0.4, -0.2) is 21.7 Å². The van der Waals surface area contributed by atoms with Crippen molar-refractivity contribution in [3.05, 3.63) is 41.5 Å². The molecule has 3 aromatic rings. The van der Waals surface area contributed by atoms with Gasteiger partial charge in [-0.1, -0.05) is 17.3 Å². The molecular weight excluding hydrogens is 248 g/mol. The molecule has 0 aliphatic heterocycles. The maximum atomic E-state index is 4.67. The van der Waals surface area contributed by atoms with E-state index in [-0.39, 0.29) is 0 Å². The summed E-state index contributed by atoms with van der Waals surface area (Å²) in [6.45, 7) is 1.59. The maximum absolute atomic E-state index is 4.67. The zero-order valence-corrected chi connectivity index (χ0v) is 10.5. The second-order valence-electron chi connectivity index (χ2n) is 3.85. The van der Waals surface area contributed by atoms with Crippen LogP contribution in [0.4, 0.5) is 0 Å². The average Bonchev–Trinajstić information content (AvgIpc) is 3.03. The molecule has 0 aliphatic carbocycles. The predicted molar refractivity (Wildman–Crippen MR) is 69.3 cm³/mol. The average molecular weight is 260 g/mol. The molecule has 0 radical (unpaired) electrons. The molecule has 5 nitrogen and oxygen atoms in total. The van der Waals surface area contributed by atoms with Crippen LogP contribution in [0.25, 0.3) is 10.2 Å². The fraction of sp³-hybridized carbons (Fsp3) is 0.250. The van der Waals surface area contributed by atoms with E-state index >= 15 is 0 Å². The van der Waals surface area contributed by atoms with Crippen LogP contribution in [0.3, 0.4) is 0 Å². The number of aromatic nitrogens is 3. The first-order valence-electron chi connectivity index (χ1n) is 5.72. The SMILES string of the molecule is c1ccc2sc(CNCCc3ncon3)nc2c1. The molecule has 0 unspecified atom stereocenters. The molecule has 0 aliphatic rings. The van der Waals surface area contributed by atoms with Gasteiger partial charge in [-0.15, -0.1) is 11.3 Å². The van der Waals surface area contributed by atoms with Crippen LogP contribution in [0.2, 0.25) is 0 Å². The Morgan fingerprint density at radius 1 is 1.28 bits per heavy atom. The lowest BCUT2D eigenvalue weighted by Gasteiger charge is -1.98. The van der Waals surface area contributed by atoms with Gasteiger partial charge in [0.1, 0.15) is 5.01 Å². The number of rotatable bonds is 5. The quantitative estimate of drug-likeness (QED) is 0.711. The van der Waals surface area contributed by atoms with Crippen LogP contribution in [-0.2, 0) is 13.0 Å². The lowest BCUT2D eigenvalue weighted by molar-refractivity contribution is 0.409. The monoisotopic (exact) mass is 260 g/mol. The second-order valence-corrected chi connectivity index (χ2v) is 4.96. The Hall–Kier alpha value is -1.79. The van der Waals surface area contributed by atoms with Crippen molar-refractivity contribution in [2.75, 3.05) is 6.54 Å². The summed E-state index contributed by atoms with van der Waals surface area (Å²) in [5, 5.41) is 8.18. The van der Waals surface area contributed by atoms with Crippen molar-refractivity contribution >= 4 is 21.6 Å². The van der Waals surface area contributed by atoms with E-state index in [1.807, 2.05) is 18.2 Å². The molecule has 6 heteroatoms. The molecule has 0 saturated heterocycles.